The highest BCUT2D eigenvalue weighted by Crippen LogP contribution is 2.47. The molecule has 0 aliphatic heterocycles. The molecule has 0 amide bonds. The van der Waals surface area contributed by atoms with Gasteiger partial charge in [0.25, 0.3) is 0 Å². The number of rotatable bonds is 3. The zero-order valence-corrected chi connectivity index (χ0v) is 22.6. The summed E-state index contributed by atoms with van der Waals surface area (Å²) in [5, 5.41) is 2.22. The van der Waals surface area contributed by atoms with Gasteiger partial charge in [-0.05, 0) is 89.9 Å². The van der Waals surface area contributed by atoms with Crippen molar-refractivity contribution >= 4 is 54.3 Å². The molecule has 9 rings (SSSR count). The fourth-order valence-electron chi connectivity index (χ4n) is 6.16. The number of furan rings is 1. The minimum absolute atomic E-state index is 0.00406. The van der Waals surface area contributed by atoms with Gasteiger partial charge < -0.3 is 4.42 Å². The van der Waals surface area contributed by atoms with E-state index < -0.39 is 60.4 Å². The lowest BCUT2D eigenvalue weighted by Gasteiger charge is -2.18. The second-order valence-corrected chi connectivity index (χ2v) is 10.4. The maximum atomic E-state index is 9.36. The summed E-state index contributed by atoms with van der Waals surface area (Å²) in [7, 11) is 0. The standard InChI is InChI=1S/C42H26O/c1-2-11-27(12-3-1)28-21-22-30-26-31(24-23-29(30)25-28)40-32-13-4-6-15-34(32)41(35-16-7-5-14-33(35)40)37-18-10-20-39-42(37)36-17-8-9-19-38(36)43-39/h1-26H/i4D,5D,6D,7D,10D,13D,14D,15D,16D,18D,20D. The second-order valence-electron chi connectivity index (χ2n) is 10.4. The van der Waals surface area contributed by atoms with Gasteiger partial charge in [-0.15, -0.1) is 0 Å². The molecule has 0 radical (unpaired) electrons. The summed E-state index contributed by atoms with van der Waals surface area (Å²) >= 11 is 0. The van der Waals surface area contributed by atoms with Crippen molar-refractivity contribution in [2.45, 2.75) is 0 Å². The van der Waals surface area contributed by atoms with Crippen LogP contribution in [-0.4, -0.2) is 0 Å². The van der Waals surface area contributed by atoms with Crippen LogP contribution in [0.15, 0.2) is 162 Å². The van der Waals surface area contributed by atoms with Gasteiger partial charge in [0.15, 0.2) is 0 Å². The van der Waals surface area contributed by atoms with Crippen LogP contribution in [0.25, 0.3) is 87.6 Å². The third-order valence-electron chi connectivity index (χ3n) is 8.07. The van der Waals surface area contributed by atoms with E-state index in [9.17, 15) is 6.85 Å². The summed E-state index contributed by atoms with van der Waals surface area (Å²) < 4.78 is 106. The van der Waals surface area contributed by atoms with Crippen LogP contribution in [0.2, 0.25) is 0 Å². The normalized spacial score (nSPS) is 15.3. The molecule has 1 heterocycles. The first-order chi connectivity index (χ1) is 25.9. The zero-order valence-electron chi connectivity index (χ0n) is 33.6. The van der Waals surface area contributed by atoms with E-state index in [1.807, 2.05) is 60.7 Å². The maximum absolute atomic E-state index is 9.36. The Bertz CT molecular complexity index is 3030. The van der Waals surface area contributed by atoms with E-state index in [1.165, 1.54) is 0 Å². The Labute approximate surface area is 264 Å². The minimum atomic E-state index is -0.574. The Morgan fingerprint density at radius 3 is 1.74 bits per heavy atom. The first kappa shape index (κ1) is 15.5. The molecule has 0 spiro atoms. The van der Waals surface area contributed by atoms with Crippen molar-refractivity contribution in [1.82, 2.24) is 0 Å². The molecule has 0 N–H and O–H groups in total. The Hall–Kier alpha value is -5.66. The molecule has 0 bridgehead atoms. The predicted molar refractivity (Wildman–Crippen MR) is 183 cm³/mol. The Morgan fingerprint density at radius 2 is 1.02 bits per heavy atom. The summed E-state index contributed by atoms with van der Waals surface area (Å²) in [5.74, 6) is 0. The predicted octanol–water partition coefficient (Wildman–Crippen LogP) is 12.0. The third kappa shape index (κ3) is 3.72. The number of para-hydroxylation sites is 1. The number of hydrogen-bond donors (Lipinski definition) is 0. The first-order valence-corrected chi connectivity index (χ1v) is 13.9. The largest absolute Gasteiger partial charge is 0.456 e. The molecule has 1 heteroatoms. The SMILES string of the molecule is [2H]c1c([2H])c(-c2c3c([2H])c([2H])c([2H])c([2H])c3c(-c3ccc4cc(-c5ccccc5)ccc4c3)c3c([2H])c([2H])c([2H])c([2H])c23)c2c(oc3ccccc32)c1[2H]. The smallest absolute Gasteiger partial charge is 0.136 e. The van der Waals surface area contributed by atoms with Crippen molar-refractivity contribution in [2.75, 3.05) is 0 Å². The molecule has 1 aromatic heterocycles. The number of benzene rings is 8. The van der Waals surface area contributed by atoms with E-state index in [0.29, 0.717) is 16.5 Å². The highest BCUT2D eigenvalue weighted by molar-refractivity contribution is 6.25. The van der Waals surface area contributed by atoms with Gasteiger partial charge in [-0.3, -0.25) is 0 Å². The van der Waals surface area contributed by atoms with Crippen LogP contribution in [-0.2, 0) is 0 Å². The van der Waals surface area contributed by atoms with Crippen LogP contribution >= 0.6 is 0 Å². The van der Waals surface area contributed by atoms with Gasteiger partial charge in [0.2, 0.25) is 0 Å². The van der Waals surface area contributed by atoms with Gasteiger partial charge in [-0.25, -0.2) is 0 Å². The monoisotopic (exact) mass is 557 g/mol. The minimum Gasteiger partial charge on any atom is -0.456 e. The van der Waals surface area contributed by atoms with Crippen LogP contribution in [0.5, 0.6) is 0 Å². The van der Waals surface area contributed by atoms with Gasteiger partial charge in [0, 0.05) is 10.8 Å². The summed E-state index contributed by atoms with van der Waals surface area (Å²) in [6, 6.07) is 22.8. The molecule has 0 aliphatic rings. The van der Waals surface area contributed by atoms with Crippen molar-refractivity contribution in [3.63, 3.8) is 0 Å². The lowest BCUT2D eigenvalue weighted by molar-refractivity contribution is 0.669. The van der Waals surface area contributed by atoms with E-state index in [-0.39, 0.29) is 55.2 Å². The molecule has 200 valence electrons. The van der Waals surface area contributed by atoms with Gasteiger partial charge in [0.1, 0.15) is 11.2 Å². The molecule has 0 fully saturated rings. The molecular weight excluding hydrogens is 520 g/mol. The zero-order chi connectivity index (χ0) is 37.9. The van der Waals surface area contributed by atoms with Crippen LogP contribution in [0, 0.1) is 0 Å². The van der Waals surface area contributed by atoms with Crippen molar-refractivity contribution in [3.05, 3.63) is 157 Å². The van der Waals surface area contributed by atoms with E-state index in [2.05, 4.69) is 0 Å². The van der Waals surface area contributed by atoms with Crippen molar-refractivity contribution in [2.24, 2.45) is 0 Å². The van der Waals surface area contributed by atoms with Crippen molar-refractivity contribution < 1.29 is 19.5 Å². The molecule has 0 saturated heterocycles. The highest BCUT2D eigenvalue weighted by atomic mass is 16.3. The fraction of sp³-hybridized carbons (Fsp3) is 0. The Balaban J connectivity index is 1.52. The fourth-order valence-corrected chi connectivity index (χ4v) is 6.16. The van der Waals surface area contributed by atoms with E-state index in [4.69, 9.17) is 12.6 Å². The van der Waals surface area contributed by atoms with Crippen LogP contribution < -0.4 is 0 Å². The summed E-state index contributed by atoms with van der Waals surface area (Å²) in [6.45, 7) is 0. The topological polar surface area (TPSA) is 13.1 Å². The van der Waals surface area contributed by atoms with Gasteiger partial charge in [0.05, 0.1) is 15.1 Å². The molecule has 0 atom stereocenters. The second kappa shape index (κ2) is 9.44. The number of hydrogen-bond acceptors (Lipinski definition) is 1. The summed E-state index contributed by atoms with van der Waals surface area (Å²) in [4.78, 5) is 0. The van der Waals surface area contributed by atoms with Crippen molar-refractivity contribution in [1.29, 1.82) is 0 Å². The molecule has 8 aromatic carbocycles. The third-order valence-corrected chi connectivity index (χ3v) is 8.07. The average molecular weight is 558 g/mol. The molecule has 9 aromatic rings. The van der Waals surface area contributed by atoms with Gasteiger partial charge >= 0.3 is 0 Å². The Kier molecular flexibility index (Phi) is 3.41. The molecular formula is C42H26O. The highest BCUT2D eigenvalue weighted by Gasteiger charge is 2.20. The molecule has 0 saturated carbocycles. The quantitative estimate of drug-likeness (QED) is 0.197. The average Bonchev–Trinajstić information content (AvgIpc) is 3.58. The summed E-state index contributed by atoms with van der Waals surface area (Å²) in [6.07, 6.45) is 0. The lowest BCUT2D eigenvalue weighted by atomic mass is 9.84. The van der Waals surface area contributed by atoms with Gasteiger partial charge in [-0.1, -0.05) is 133 Å². The molecule has 43 heavy (non-hydrogen) atoms. The van der Waals surface area contributed by atoms with E-state index in [1.54, 1.807) is 30.3 Å². The van der Waals surface area contributed by atoms with Crippen molar-refractivity contribution in [3.8, 4) is 33.4 Å². The Morgan fingerprint density at radius 1 is 0.419 bits per heavy atom. The summed E-state index contributed by atoms with van der Waals surface area (Å²) in [5.41, 5.74) is 2.91. The molecule has 0 unspecified atom stereocenters. The van der Waals surface area contributed by atoms with E-state index in [0.717, 1.165) is 21.9 Å². The van der Waals surface area contributed by atoms with Crippen LogP contribution in [0.3, 0.4) is 0 Å². The van der Waals surface area contributed by atoms with Crippen LogP contribution in [0.1, 0.15) is 15.1 Å². The molecule has 1 nitrogen and oxygen atoms in total. The number of fused-ring (bicyclic) bond motifs is 6. The molecule has 0 aliphatic carbocycles. The van der Waals surface area contributed by atoms with Crippen LogP contribution in [0.4, 0.5) is 0 Å². The lowest BCUT2D eigenvalue weighted by Crippen LogP contribution is -1.91. The maximum Gasteiger partial charge on any atom is 0.136 e. The van der Waals surface area contributed by atoms with Gasteiger partial charge in [-0.2, -0.15) is 0 Å². The first-order valence-electron chi connectivity index (χ1n) is 19.4. The van der Waals surface area contributed by atoms with E-state index >= 15 is 0 Å².